The van der Waals surface area contributed by atoms with E-state index in [0.717, 1.165) is 22.2 Å². The Morgan fingerprint density at radius 1 is 1.45 bits per heavy atom. The van der Waals surface area contributed by atoms with Crippen molar-refractivity contribution < 1.29 is 4.39 Å². The zero-order valence-corrected chi connectivity index (χ0v) is 16.0. The molecule has 0 radical (unpaired) electrons. The monoisotopic (exact) mass is 434 g/mol. The molecule has 1 aromatic heterocycles. The predicted molar refractivity (Wildman–Crippen MR) is 100 cm³/mol. The van der Waals surface area contributed by atoms with Gasteiger partial charge in [-0.15, -0.1) is 35.3 Å². The number of nitrogens with zero attached hydrogens (tertiary/aromatic N) is 3. The number of benzene rings is 1. The van der Waals surface area contributed by atoms with Gasteiger partial charge in [-0.05, 0) is 24.6 Å². The summed E-state index contributed by atoms with van der Waals surface area (Å²) in [4.78, 5) is 10.7. The van der Waals surface area contributed by atoms with Crippen LogP contribution in [0.15, 0.2) is 34.6 Å². The van der Waals surface area contributed by atoms with Gasteiger partial charge in [-0.2, -0.15) is 0 Å². The lowest BCUT2D eigenvalue weighted by Gasteiger charge is -2.21. The SMILES string of the molecule is CN=C(NCc1cccc(F)c1)N(C)Cc1csc(C)n1.I. The zero-order chi connectivity index (χ0) is 15.2. The summed E-state index contributed by atoms with van der Waals surface area (Å²) in [6.45, 7) is 3.21. The van der Waals surface area contributed by atoms with E-state index in [0.29, 0.717) is 13.1 Å². The molecule has 4 nitrogen and oxygen atoms in total. The Bertz CT molecular complexity index is 630. The second-order valence-corrected chi connectivity index (χ2v) is 5.81. The van der Waals surface area contributed by atoms with Gasteiger partial charge in [0.05, 0.1) is 17.2 Å². The summed E-state index contributed by atoms with van der Waals surface area (Å²) < 4.78 is 13.1. The molecule has 0 unspecified atom stereocenters. The van der Waals surface area contributed by atoms with Gasteiger partial charge in [0.15, 0.2) is 5.96 Å². The van der Waals surface area contributed by atoms with Crippen LogP contribution in [0.25, 0.3) is 0 Å². The highest BCUT2D eigenvalue weighted by Crippen LogP contribution is 2.10. The van der Waals surface area contributed by atoms with Crippen molar-refractivity contribution in [3.63, 3.8) is 0 Å². The van der Waals surface area contributed by atoms with Gasteiger partial charge in [-0.3, -0.25) is 4.99 Å². The molecule has 120 valence electrons. The second kappa shape index (κ2) is 9.04. The molecule has 0 saturated carbocycles. The van der Waals surface area contributed by atoms with Gasteiger partial charge in [0, 0.05) is 26.0 Å². The van der Waals surface area contributed by atoms with Gasteiger partial charge < -0.3 is 10.2 Å². The fraction of sp³-hybridized carbons (Fsp3) is 0.333. The molecular formula is C15H20FIN4S. The molecule has 0 spiro atoms. The third-order valence-corrected chi connectivity index (χ3v) is 3.80. The molecule has 1 N–H and O–H groups in total. The Hall–Kier alpha value is -1.22. The molecule has 0 saturated heterocycles. The van der Waals surface area contributed by atoms with Crippen molar-refractivity contribution in [2.24, 2.45) is 4.99 Å². The molecule has 1 aromatic carbocycles. The van der Waals surface area contributed by atoms with E-state index in [2.05, 4.69) is 15.3 Å². The first kappa shape index (κ1) is 18.8. The van der Waals surface area contributed by atoms with Gasteiger partial charge in [0.2, 0.25) is 0 Å². The molecule has 1 heterocycles. The first-order chi connectivity index (χ1) is 10.1. The quantitative estimate of drug-likeness (QED) is 0.456. The average Bonchev–Trinajstić information content (AvgIpc) is 2.85. The fourth-order valence-corrected chi connectivity index (χ4v) is 2.62. The maximum absolute atomic E-state index is 13.1. The van der Waals surface area contributed by atoms with E-state index >= 15 is 0 Å². The minimum atomic E-state index is -0.226. The van der Waals surface area contributed by atoms with Gasteiger partial charge >= 0.3 is 0 Å². The van der Waals surface area contributed by atoms with Gasteiger partial charge in [-0.1, -0.05) is 12.1 Å². The number of aromatic nitrogens is 1. The van der Waals surface area contributed by atoms with Crippen molar-refractivity contribution in [3.8, 4) is 0 Å². The number of halogens is 2. The van der Waals surface area contributed by atoms with E-state index in [4.69, 9.17) is 0 Å². The van der Waals surface area contributed by atoms with Crippen molar-refractivity contribution in [3.05, 3.63) is 51.7 Å². The first-order valence-electron chi connectivity index (χ1n) is 6.65. The molecule has 0 fully saturated rings. The minimum absolute atomic E-state index is 0. The molecule has 22 heavy (non-hydrogen) atoms. The van der Waals surface area contributed by atoms with Crippen molar-refractivity contribution >= 4 is 41.3 Å². The largest absolute Gasteiger partial charge is 0.352 e. The lowest BCUT2D eigenvalue weighted by molar-refractivity contribution is 0.470. The lowest BCUT2D eigenvalue weighted by Crippen LogP contribution is -2.38. The van der Waals surface area contributed by atoms with Crippen LogP contribution in [0.3, 0.4) is 0 Å². The van der Waals surface area contributed by atoms with Gasteiger partial charge in [0.25, 0.3) is 0 Å². The number of thiazole rings is 1. The van der Waals surface area contributed by atoms with E-state index in [1.807, 2.05) is 30.3 Å². The molecular weight excluding hydrogens is 414 g/mol. The fourth-order valence-electron chi connectivity index (χ4n) is 2.01. The molecule has 0 aliphatic carbocycles. The Labute approximate surface area is 151 Å². The molecule has 2 rings (SSSR count). The van der Waals surface area contributed by atoms with Gasteiger partial charge in [-0.25, -0.2) is 9.37 Å². The Balaban J connectivity index is 0.00000242. The summed E-state index contributed by atoms with van der Waals surface area (Å²) in [6, 6.07) is 6.54. The third-order valence-electron chi connectivity index (χ3n) is 2.98. The van der Waals surface area contributed by atoms with E-state index in [1.54, 1.807) is 24.5 Å². The first-order valence-corrected chi connectivity index (χ1v) is 7.53. The highest BCUT2D eigenvalue weighted by atomic mass is 127. The van der Waals surface area contributed by atoms with Crippen LogP contribution in [-0.2, 0) is 13.1 Å². The summed E-state index contributed by atoms with van der Waals surface area (Å²) in [7, 11) is 3.69. The topological polar surface area (TPSA) is 40.5 Å². The molecule has 0 amide bonds. The van der Waals surface area contributed by atoms with Crippen molar-refractivity contribution in [2.45, 2.75) is 20.0 Å². The van der Waals surface area contributed by atoms with Crippen LogP contribution in [0.2, 0.25) is 0 Å². The van der Waals surface area contributed by atoms with E-state index in [9.17, 15) is 4.39 Å². The van der Waals surface area contributed by atoms with Crippen molar-refractivity contribution in [2.75, 3.05) is 14.1 Å². The standard InChI is InChI=1S/C15H19FN4S.HI/c1-11-19-14(10-21-11)9-20(3)15(17-2)18-8-12-5-4-6-13(16)7-12;/h4-7,10H,8-9H2,1-3H3,(H,17,18);1H. The Kier molecular flexibility index (Phi) is 7.74. The number of nitrogens with one attached hydrogen (secondary N) is 1. The molecule has 0 bridgehead atoms. The normalized spacial score (nSPS) is 11.0. The third kappa shape index (κ3) is 5.53. The second-order valence-electron chi connectivity index (χ2n) is 4.74. The molecule has 0 atom stereocenters. The molecule has 7 heteroatoms. The smallest absolute Gasteiger partial charge is 0.194 e. The summed E-state index contributed by atoms with van der Waals surface area (Å²) >= 11 is 1.64. The van der Waals surface area contributed by atoms with Crippen LogP contribution >= 0.6 is 35.3 Å². The zero-order valence-electron chi connectivity index (χ0n) is 12.8. The number of guanidine groups is 1. The summed E-state index contributed by atoms with van der Waals surface area (Å²) in [6.07, 6.45) is 0. The molecule has 0 aliphatic rings. The van der Waals surface area contributed by atoms with Crippen molar-refractivity contribution in [1.82, 2.24) is 15.2 Å². The molecule has 0 aliphatic heterocycles. The van der Waals surface area contributed by atoms with Crippen LogP contribution in [-0.4, -0.2) is 29.9 Å². The van der Waals surface area contributed by atoms with Gasteiger partial charge in [0.1, 0.15) is 5.82 Å². The van der Waals surface area contributed by atoms with Crippen LogP contribution in [0, 0.1) is 12.7 Å². The number of hydrogen-bond acceptors (Lipinski definition) is 3. The van der Waals surface area contributed by atoms with E-state index in [-0.39, 0.29) is 29.8 Å². The Morgan fingerprint density at radius 2 is 2.23 bits per heavy atom. The Morgan fingerprint density at radius 3 is 2.82 bits per heavy atom. The summed E-state index contributed by atoms with van der Waals surface area (Å²) in [5.74, 6) is 0.528. The minimum Gasteiger partial charge on any atom is -0.352 e. The highest BCUT2D eigenvalue weighted by molar-refractivity contribution is 14.0. The number of aryl methyl sites for hydroxylation is 1. The van der Waals surface area contributed by atoms with Crippen molar-refractivity contribution in [1.29, 1.82) is 0 Å². The van der Waals surface area contributed by atoms with E-state index in [1.165, 1.54) is 12.1 Å². The number of rotatable bonds is 4. The average molecular weight is 434 g/mol. The lowest BCUT2D eigenvalue weighted by atomic mass is 10.2. The summed E-state index contributed by atoms with van der Waals surface area (Å²) in [5.41, 5.74) is 1.91. The van der Waals surface area contributed by atoms with Crippen LogP contribution < -0.4 is 5.32 Å². The van der Waals surface area contributed by atoms with Crippen LogP contribution in [0.5, 0.6) is 0 Å². The van der Waals surface area contributed by atoms with Crippen LogP contribution in [0.1, 0.15) is 16.3 Å². The summed E-state index contributed by atoms with van der Waals surface area (Å²) in [5, 5.41) is 6.33. The maximum Gasteiger partial charge on any atom is 0.194 e. The molecule has 2 aromatic rings. The maximum atomic E-state index is 13.1. The number of aliphatic imine (C=N–C) groups is 1. The number of hydrogen-bond donors (Lipinski definition) is 1. The predicted octanol–water partition coefficient (Wildman–Crippen LogP) is 3.42. The highest BCUT2D eigenvalue weighted by Gasteiger charge is 2.08. The van der Waals surface area contributed by atoms with E-state index < -0.39 is 0 Å². The van der Waals surface area contributed by atoms with Crippen LogP contribution in [0.4, 0.5) is 4.39 Å².